The van der Waals surface area contributed by atoms with Gasteiger partial charge >= 0.3 is 0 Å². The normalized spacial score (nSPS) is 17.9. The van der Waals surface area contributed by atoms with Crippen LogP contribution in [0.1, 0.15) is 30.5 Å². The first-order chi connectivity index (χ1) is 13.5. The highest BCUT2D eigenvalue weighted by Gasteiger charge is 2.43. The molecule has 28 heavy (non-hydrogen) atoms. The molecule has 2 atom stereocenters. The molecule has 142 valence electrons. The number of amides is 1. The van der Waals surface area contributed by atoms with Gasteiger partial charge in [-0.3, -0.25) is 9.59 Å². The summed E-state index contributed by atoms with van der Waals surface area (Å²) < 4.78 is 1.03. The highest BCUT2D eigenvalue weighted by atomic mass is 79.9. The minimum Gasteiger partial charge on any atom is -0.326 e. The number of anilines is 1. The van der Waals surface area contributed by atoms with Crippen molar-refractivity contribution in [2.24, 2.45) is 5.92 Å². The predicted molar refractivity (Wildman–Crippen MR) is 113 cm³/mol. The molecule has 1 amide bonds. The van der Waals surface area contributed by atoms with E-state index in [0.29, 0.717) is 17.9 Å². The number of aromatic nitrogens is 2. The average Bonchev–Trinajstić information content (AvgIpc) is 3.49. The molecule has 2 aromatic carbocycles. The number of H-pyrrole nitrogens is 1. The van der Waals surface area contributed by atoms with E-state index >= 15 is 0 Å². The number of nitrogens with zero attached hydrogens (tertiary/aromatic N) is 1. The molecule has 4 rings (SSSR count). The number of aromatic amines is 1. The van der Waals surface area contributed by atoms with Gasteiger partial charge in [-0.2, -0.15) is 0 Å². The van der Waals surface area contributed by atoms with Crippen LogP contribution < -0.4 is 10.9 Å². The van der Waals surface area contributed by atoms with Gasteiger partial charge in [0.25, 0.3) is 5.56 Å². The smallest absolute Gasteiger partial charge is 0.251 e. The molecule has 1 aliphatic rings. The molecule has 0 aliphatic heterocycles. The Labute approximate surface area is 171 Å². The summed E-state index contributed by atoms with van der Waals surface area (Å²) in [5.41, 5.74) is 3.21. The van der Waals surface area contributed by atoms with Gasteiger partial charge in [0.15, 0.2) is 0 Å². The summed E-state index contributed by atoms with van der Waals surface area (Å²) in [4.78, 5) is 31.7. The lowest BCUT2D eigenvalue weighted by atomic mass is 10.1. The Morgan fingerprint density at radius 1 is 1.21 bits per heavy atom. The van der Waals surface area contributed by atoms with Crippen molar-refractivity contribution in [3.05, 3.63) is 80.7 Å². The second-order valence-electron chi connectivity index (χ2n) is 7.01. The Morgan fingerprint density at radius 3 is 2.82 bits per heavy atom. The molecule has 1 heterocycles. The fraction of sp³-hybridized carbons (Fsp3) is 0.227. The van der Waals surface area contributed by atoms with Gasteiger partial charge in [0.2, 0.25) is 5.91 Å². The van der Waals surface area contributed by atoms with Gasteiger partial charge in [-0.15, -0.1) is 0 Å². The Kier molecular flexibility index (Phi) is 5.13. The van der Waals surface area contributed by atoms with E-state index in [0.717, 1.165) is 22.2 Å². The van der Waals surface area contributed by atoms with E-state index in [1.165, 1.54) is 11.6 Å². The number of nitrogens with one attached hydrogen (secondary N) is 2. The van der Waals surface area contributed by atoms with E-state index in [1.807, 2.05) is 43.3 Å². The second-order valence-corrected chi connectivity index (χ2v) is 7.93. The topological polar surface area (TPSA) is 74.8 Å². The number of rotatable bonds is 5. The molecular weight excluding hydrogens is 418 g/mol. The Balaban J connectivity index is 1.49. The van der Waals surface area contributed by atoms with E-state index in [2.05, 4.69) is 43.3 Å². The van der Waals surface area contributed by atoms with Crippen molar-refractivity contribution in [1.29, 1.82) is 0 Å². The Morgan fingerprint density at radius 2 is 2.04 bits per heavy atom. The van der Waals surface area contributed by atoms with E-state index in [4.69, 9.17) is 0 Å². The summed E-state index contributed by atoms with van der Waals surface area (Å²) in [5.74, 6) is 0.781. The van der Waals surface area contributed by atoms with Crippen LogP contribution in [0.15, 0.2) is 63.9 Å². The van der Waals surface area contributed by atoms with E-state index in [9.17, 15) is 9.59 Å². The number of carbonyl (C=O) groups is 1. The molecule has 1 aromatic heterocycles. The van der Waals surface area contributed by atoms with Crippen LogP contribution in [-0.4, -0.2) is 15.9 Å². The molecule has 2 unspecified atom stereocenters. The third kappa shape index (κ3) is 4.07. The van der Waals surface area contributed by atoms with Crippen molar-refractivity contribution in [2.75, 3.05) is 5.32 Å². The average molecular weight is 438 g/mol. The lowest BCUT2D eigenvalue weighted by Gasteiger charge is -2.08. The summed E-state index contributed by atoms with van der Waals surface area (Å²) in [5, 5.41) is 3.00. The fourth-order valence-corrected chi connectivity index (χ4v) is 3.81. The summed E-state index contributed by atoms with van der Waals surface area (Å²) in [6.45, 7) is 1.96. The van der Waals surface area contributed by atoms with Crippen molar-refractivity contribution in [1.82, 2.24) is 9.97 Å². The molecule has 3 aromatic rings. The molecule has 1 fully saturated rings. The molecule has 0 saturated heterocycles. The zero-order valence-electron chi connectivity index (χ0n) is 15.4. The molecule has 1 aliphatic carbocycles. The molecule has 0 bridgehead atoms. The van der Waals surface area contributed by atoms with Gasteiger partial charge in [0, 0.05) is 33.4 Å². The van der Waals surface area contributed by atoms with Crippen molar-refractivity contribution >= 4 is 27.5 Å². The molecular formula is C22H20BrN3O2. The van der Waals surface area contributed by atoms with Gasteiger partial charge in [-0.05, 0) is 48.6 Å². The van der Waals surface area contributed by atoms with Crippen LogP contribution in [0, 0.1) is 5.92 Å². The molecule has 5 nitrogen and oxygen atoms in total. The van der Waals surface area contributed by atoms with Gasteiger partial charge in [-0.25, -0.2) is 4.98 Å². The zero-order chi connectivity index (χ0) is 19.7. The van der Waals surface area contributed by atoms with Crippen LogP contribution >= 0.6 is 15.9 Å². The van der Waals surface area contributed by atoms with Crippen molar-refractivity contribution < 1.29 is 4.79 Å². The largest absolute Gasteiger partial charge is 0.326 e. The second kappa shape index (κ2) is 7.72. The first kappa shape index (κ1) is 18.6. The van der Waals surface area contributed by atoms with Crippen molar-refractivity contribution in [3.63, 3.8) is 0 Å². The quantitative estimate of drug-likeness (QED) is 0.616. The molecule has 2 N–H and O–H groups in total. The van der Waals surface area contributed by atoms with Crippen molar-refractivity contribution in [2.45, 2.75) is 25.7 Å². The van der Waals surface area contributed by atoms with Crippen LogP contribution in [0.2, 0.25) is 0 Å². The van der Waals surface area contributed by atoms with E-state index in [1.54, 1.807) is 0 Å². The van der Waals surface area contributed by atoms with Crippen LogP contribution in [0.5, 0.6) is 0 Å². The third-order valence-electron chi connectivity index (χ3n) is 4.96. The number of benzene rings is 2. The highest BCUT2D eigenvalue weighted by Crippen LogP contribution is 2.48. The minimum absolute atomic E-state index is 0.0145. The van der Waals surface area contributed by atoms with Gasteiger partial charge in [0.05, 0.1) is 0 Å². The van der Waals surface area contributed by atoms with Crippen molar-refractivity contribution in [3.8, 4) is 11.4 Å². The maximum absolute atomic E-state index is 12.6. The molecule has 6 heteroatoms. The van der Waals surface area contributed by atoms with E-state index in [-0.39, 0.29) is 23.3 Å². The molecule has 0 radical (unpaired) electrons. The van der Waals surface area contributed by atoms with E-state index < -0.39 is 0 Å². The van der Waals surface area contributed by atoms with Crippen LogP contribution in [0.4, 0.5) is 5.69 Å². The van der Waals surface area contributed by atoms with Crippen LogP contribution in [0.3, 0.4) is 0 Å². The minimum atomic E-state index is -0.175. The lowest BCUT2D eigenvalue weighted by molar-refractivity contribution is -0.117. The van der Waals surface area contributed by atoms with Gasteiger partial charge in [0.1, 0.15) is 5.82 Å². The predicted octanol–water partition coefficient (Wildman–Crippen LogP) is 4.50. The Hall–Kier alpha value is -2.73. The maximum atomic E-state index is 12.6. The first-order valence-electron chi connectivity index (χ1n) is 9.30. The summed E-state index contributed by atoms with van der Waals surface area (Å²) in [6.07, 6.45) is 1.54. The van der Waals surface area contributed by atoms with Crippen LogP contribution in [-0.2, 0) is 11.2 Å². The number of hydrogen-bond donors (Lipinski definition) is 2. The standard InChI is InChI=1S/C22H20BrN3O2/c1-2-16-11-20(27)26-21(24-16)14-6-4-8-17(10-14)25-22(28)19-12-18(19)13-5-3-7-15(23)9-13/h3-11,18-19H,2,12H2,1H3,(H,25,28)(H,24,26,27). The SMILES string of the molecule is CCc1cc(=O)[nH]c(-c2cccc(NC(=O)C3CC3c3cccc(Br)c3)c2)n1. The number of hydrogen-bond acceptors (Lipinski definition) is 3. The monoisotopic (exact) mass is 437 g/mol. The van der Waals surface area contributed by atoms with Crippen LogP contribution in [0.25, 0.3) is 11.4 Å². The maximum Gasteiger partial charge on any atom is 0.251 e. The first-order valence-corrected chi connectivity index (χ1v) is 10.1. The van der Waals surface area contributed by atoms with Gasteiger partial charge < -0.3 is 10.3 Å². The summed E-state index contributed by atoms with van der Waals surface area (Å²) in [6, 6.07) is 17.0. The zero-order valence-corrected chi connectivity index (χ0v) is 17.0. The molecule has 1 saturated carbocycles. The number of carbonyl (C=O) groups excluding carboxylic acids is 1. The lowest BCUT2D eigenvalue weighted by Crippen LogP contribution is -2.15. The fourth-order valence-electron chi connectivity index (χ4n) is 3.40. The summed E-state index contributed by atoms with van der Waals surface area (Å²) in [7, 11) is 0. The third-order valence-corrected chi connectivity index (χ3v) is 5.46. The Bertz CT molecular complexity index is 1090. The summed E-state index contributed by atoms with van der Waals surface area (Å²) >= 11 is 3.48. The molecule has 0 spiro atoms. The highest BCUT2D eigenvalue weighted by molar-refractivity contribution is 9.10. The number of aryl methyl sites for hydroxylation is 1. The number of halogens is 1. The van der Waals surface area contributed by atoms with Gasteiger partial charge in [-0.1, -0.05) is 47.1 Å².